The van der Waals surface area contributed by atoms with Crippen LogP contribution in [0.15, 0.2) is 82.6 Å². The number of carbonyl (C=O) groups excluding carboxylic acids is 4. The van der Waals surface area contributed by atoms with E-state index in [1.807, 2.05) is 30.3 Å². The molecule has 0 bridgehead atoms. The molecule has 13 heteroatoms. The second kappa shape index (κ2) is 12.2. The number of thioether (sulfide) groups is 1. The molecule has 1 aromatic heterocycles. The second-order valence-electron chi connectivity index (χ2n) is 10.0. The number of carbonyl (C=O) groups is 4. The Bertz CT molecular complexity index is 1860. The van der Waals surface area contributed by atoms with Gasteiger partial charge in [0.15, 0.2) is 0 Å². The highest BCUT2D eigenvalue weighted by atomic mass is 35.5. The zero-order chi connectivity index (χ0) is 31.1. The number of thiazole rings is 1. The number of nitrogens with one attached hydrogen (secondary N) is 1. The molecular weight excluding hydrogens is 645 g/mol. The number of hydrogen-bond acceptors (Lipinski definition) is 8. The van der Waals surface area contributed by atoms with Crippen molar-refractivity contribution < 1.29 is 23.9 Å². The van der Waals surface area contributed by atoms with Crippen molar-refractivity contribution in [2.75, 3.05) is 16.8 Å². The maximum absolute atomic E-state index is 14.0. The van der Waals surface area contributed by atoms with Crippen molar-refractivity contribution in [3.05, 3.63) is 109 Å². The van der Waals surface area contributed by atoms with E-state index in [-0.39, 0.29) is 23.0 Å². The molecule has 224 valence electrons. The first kappa shape index (κ1) is 30.1. The number of benzene rings is 3. The molecule has 6 rings (SSSR count). The highest BCUT2D eigenvalue weighted by Gasteiger charge is 2.56. The highest BCUT2D eigenvalue weighted by molar-refractivity contribution is 8.00. The molecule has 0 saturated carbocycles. The van der Waals surface area contributed by atoms with Crippen molar-refractivity contribution in [3.63, 3.8) is 0 Å². The fourth-order valence-electron chi connectivity index (χ4n) is 5.41. The molecule has 1 saturated heterocycles. The molecular formula is C31H23Cl2N3O6S2. The summed E-state index contributed by atoms with van der Waals surface area (Å²) in [6, 6.07) is 20.0. The lowest BCUT2D eigenvalue weighted by Gasteiger charge is -2.30. The summed E-state index contributed by atoms with van der Waals surface area (Å²) in [6.45, 7) is 1.62. The largest absolute Gasteiger partial charge is 0.462 e. The van der Waals surface area contributed by atoms with Gasteiger partial charge < -0.3 is 10.1 Å². The van der Waals surface area contributed by atoms with Gasteiger partial charge >= 0.3 is 10.8 Å². The molecule has 3 aromatic carbocycles. The number of ether oxygens (including phenoxy) is 1. The second-order valence-corrected chi connectivity index (χ2v) is 13.0. The van der Waals surface area contributed by atoms with Gasteiger partial charge in [0.05, 0.1) is 38.8 Å². The van der Waals surface area contributed by atoms with Crippen LogP contribution in [0.2, 0.25) is 10.0 Å². The van der Waals surface area contributed by atoms with Crippen LogP contribution in [-0.4, -0.2) is 40.1 Å². The SMILES string of the molecule is CCOC(=O)c1ccc(N2C(=O)[C@H]3[C@H](c4ccccc4)c4sc(=O)n(CC(=O)Nc5ccc(Cl)c(Cl)c5)c4S[C@H]3C2=O)cc1. The highest BCUT2D eigenvalue weighted by Crippen LogP contribution is 2.53. The van der Waals surface area contributed by atoms with E-state index < -0.39 is 40.8 Å². The molecule has 0 spiro atoms. The minimum atomic E-state index is -0.844. The molecule has 9 nitrogen and oxygen atoms in total. The van der Waals surface area contributed by atoms with Crippen molar-refractivity contribution in [2.45, 2.75) is 29.7 Å². The first-order chi connectivity index (χ1) is 21.2. The summed E-state index contributed by atoms with van der Waals surface area (Å²) in [5.74, 6) is -3.19. The first-order valence-electron chi connectivity index (χ1n) is 13.5. The van der Waals surface area contributed by atoms with Crippen LogP contribution in [-0.2, 0) is 25.7 Å². The van der Waals surface area contributed by atoms with E-state index >= 15 is 0 Å². The lowest BCUT2D eigenvalue weighted by atomic mass is 9.83. The molecule has 0 aliphatic carbocycles. The summed E-state index contributed by atoms with van der Waals surface area (Å²) in [5.41, 5.74) is 1.82. The fourth-order valence-corrected chi connectivity index (χ4v) is 8.48. The monoisotopic (exact) mass is 667 g/mol. The van der Waals surface area contributed by atoms with E-state index in [0.29, 0.717) is 31.9 Å². The molecule has 3 amide bonds. The van der Waals surface area contributed by atoms with Gasteiger partial charge in [-0.1, -0.05) is 76.6 Å². The van der Waals surface area contributed by atoms with Gasteiger partial charge in [0.1, 0.15) is 11.8 Å². The first-order valence-corrected chi connectivity index (χ1v) is 16.0. The fraction of sp³-hybridized carbons (Fsp3) is 0.194. The Kier molecular flexibility index (Phi) is 8.38. The summed E-state index contributed by atoms with van der Waals surface area (Å²) in [5, 5.41) is 2.96. The number of fused-ring (bicyclic) bond motifs is 2. The van der Waals surface area contributed by atoms with Gasteiger partial charge in [-0.15, -0.1) is 0 Å². The molecule has 3 atom stereocenters. The Labute approximate surface area is 269 Å². The third-order valence-corrected chi connectivity index (χ3v) is 10.7. The zero-order valence-corrected chi connectivity index (χ0v) is 26.1. The van der Waals surface area contributed by atoms with Gasteiger partial charge in [-0.25, -0.2) is 9.69 Å². The number of halogens is 2. The van der Waals surface area contributed by atoms with Crippen LogP contribution in [0.3, 0.4) is 0 Å². The normalized spacial score (nSPS) is 19.0. The summed E-state index contributed by atoms with van der Waals surface area (Å²) in [7, 11) is 0. The molecule has 0 radical (unpaired) electrons. The molecule has 4 aromatic rings. The van der Waals surface area contributed by atoms with Gasteiger partial charge in [0.25, 0.3) is 0 Å². The summed E-state index contributed by atoms with van der Waals surface area (Å²) in [4.78, 5) is 67.8. The number of hydrogen-bond donors (Lipinski definition) is 1. The minimum absolute atomic E-state index is 0.220. The number of esters is 1. The number of aromatic nitrogens is 1. The van der Waals surface area contributed by atoms with Crippen molar-refractivity contribution in [1.29, 1.82) is 0 Å². The smallest absolute Gasteiger partial charge is 0.338 e. The van der Waals surface area contributed by atoms with E-state index in [9.17, 15) is 24.0 Å². The quantitative estimate of drug-likeness (QED) is 0.195. The standard InChI is InChI=1S/C31H23Cl2N3O6S2/c1-2-42-30(40)17-8-11-19(12-9-17)36-27(38)24-23(16-6-4-3-5-7-16)26-29(43-25(24)28(36)39)35(31(41)44-26)15-22(37)34-18-10-13-20(32)21(33)14-18/h3-14,23-25H,2,15H2,1H3,(H,34,37)/t23-,24-,25+/m0/s1. The molecule has 2 aliphatic rings. The van der Waals surface area contributed by atoms with Crippen LogP contribution >= 0.6 is 46.3 Å². The van der Waals surface area contributed by atoms with Gasteiger partial charge in [-0.2, -0.15) is 0 Å². The summed E-state index contributed by atoms with van der Waals surface area (Å²) < 4.78 is 6.38. The van der Waals surface area contributed by atoms with Crippen LogP contribution < -0.4 is 15.1 Å². The van der Waals surface area contributed by atoms with Gasteiger partial charge in [-0.3, -0.25) is 23.7 Å². The van der Waals surface area contributed by atoms with Crippen molar-refractivity contribution in [2.24, 2.45) is 5.92 Å². The Morgan fingerprint density at radius 2 is 1.66 bits per heavy atom. The van der Waals surface area contributed by atoms with Crippen molar-refractivity contribution in [3.8, 4) is 0 Å². The van der Waals surface area contributed by atoms with Gasteiger partial charge in [-0.05, 0) is 55.0 Å². The maximum Gasteiger partial charge on any atom is 0.338 e. The van der Waals surface area contributed by atoms with Crippen LogP contribution in [0.4, 0.5) is 11.4 Å². The van der Waals surface area contributed by atoms with Gasteiger partial charge in [0, 0.05) is 16.5 Å². The lowest BCUT2D eigenvalue weighted by molar-refractivity contribution is -0.122. The van der Waals surface area contributed by atoms with Crippen LogP contribution in [0.25, 0.3) is 0 Å². The molecule has 1 N–H and O–H groups in total. The van der Waals surface area contributed by atoms with E-state index in [1.54, 1.807) is 31.2 Å². The average molecular weight is 669 g/mol. The number of nitrogens with zero attached hydrogens (tertiary/aromatic N) is 2. The topological polar surface area (TPSA) is 115 Å². The van der Waals surface area contributed by atoms with E-state index in [1.165, 1.54) is 22.8 Å². The summed E-state index contributed by atoms with van der Waals surface area (Å²) in [6.07, 6.45) is 0. The number of imide groups is 1. The van der Waals surface area contributed by atoms with E-state index in [0.717, 1.165) is 33.6 Å². The molecule has 2 aliphatic heterocycles. The van der Waals surface area contributed by atoms with Gasteiger partial charge in [0.2, 0.25) is 17.7 Å². The third kappa shape index (κ3) is 5.45. The number of amides is 3. The minimum Gasteiger partial charge on any atom is -0.462 e. The molecule has 1 fully saturated rings. The van der Waals surface area contributed by atoms with Crippen LogP contribution in [0.1, 0.15) is 33.6 Å². The third-order valence-electron chi connectivity index (χ3n) is 7.35. The molecule has 0 unspecified atom stereocenters. The van der Waals surface area contributed by atoms with Crippen molar-refractivity contribution >= 4 is 81.4 Å². The molecule has 44 heavy (non-hydrogen) atoms. The van der Waals surface area contributed by atoms with Crippen LogP contribution in [0, 0.1) is 5.92 Å². The molecule has 3 heterocycles. The Hall–Kier alpha value is -3.90. The maximum atomic E-state index is 14.0. The number of anilines is 2. The Morgan fingerprint density at radius 1 is 0.932 bits per heavy atom. The van der Waals surface area contributed by atoms with Crippen LogP contribution in [0.5, 0.6) is 0 Å². The van der Waals surface area contributed by atoms with E-state index in [4.69, 9.17) is 27.9 Å². The van der Waals surface area contributed by atoms with E-state index in [2.05, 4.69) is 5.32 Å². The Morgan fingerprint density at radius 3 is 2.34 bits per heavy atom. The zero-order valence-electron chi connectivity index (χ0n) is 23.0. The predicted octanol–water partition coefficient (Wildman–Crippen LogP) is 5.83. The average Bonchev–Trinajstić information content (AvgIpc) is 3.45. The lowest BCUT2D eigenvalue weighted by Crippen LogP contribution is -2.33. The predicted molar refractivity (Wildman–Crippen MR) is 170 cm³/mol. The van der Waals surface area contributed by atoms with Crippen molar-refractivity contribution in [1.82, 2.24) is 4.57 Å². The summed E-state index contributed by atoms with van der Waals surface area (Å²) >= 11 is 14.1. The number of rotatable bonds is 7. The Balaban J connectivity index is 1.35.